The molecule has 1 fully saturated rings. The Hall–Kier alpha value is -2.28. The average Bonchev–Trinajstić information content (AvgIpc) is 2.77. The third-order valence-electron chi connectivity index (χ3n) is 5.06. The zero-order valence-electron chi connectivity index (χ0n) is 16.9. The van der Waals surface area contributed by atoms with Gasteiger partial charge in [0.2, 0.25) is 11.8 Å². The predicted octanol–water partition coefficient (Wildman–Crippen LogP) is 2.78. The van der Waals surface area contributed by atoms with Crippen LogP contribution in [0.5, 0.6) is 0 Å². The summed E-state index contributed by atoms with van der Waals surface area (Å²) in [7, 11) is 0. The van der Waals surface area contributed by atoms with Gasteiger partial charge in [0.05, 0.1) is 0 Å². The van der Waals surface area contributed by atoms with E-state index in [1.165, 1.54) is 5.69 Å². The molecule has 8 heteroatoms. The number of nitrogens with two attached hydrogens (primary N) is 1. The van der Waals surface area contributed by atoms with Crippen LogP contribution in [0.25, 0.3) is 0 Å². The largest absolute Gasteiger partial charge is 0.368 e. The van der Waals surface area contributed by atoms with E-state index in [4.69, 9.17) is 5.73 Å². The van der Waals surface area contributed by atoms with Crippen LogP contribution in [0, 0.1) is 0 Å². The summed E-state index contributed by atoms with van der Waals surface area (Å²) in [6.07, 6.45) is 1.05. The maximum atomic E-state index is 12.4. The highest BCUT2D eigenvalue weighted by atomic mass is 35.5. The maximum Gasteiger partial charge on any atom is 0.241 e. The zero-order chi connectivity index (χ0) is 19.8. The number of carbonyl (C=O) groups is 2. The molecule has 1 unspecified atom stereocenters. The number of benzene rings is 2. The maximum absolute atomic E-state index is 12.4. The number of para-hydroxylation sites is 1. The average molecular weight is 453 g/mol. The lowest BCUT2D eigenvalue weighted by Crippen LogP contribution is -2.48. The number of carbonyl (C=O) groups excluding carboxylic acids is 2. The quantitative estimate of drug-likeness (QED) is 0.632. The summed E-state index contributed by atoms with van der Waals surface area (Å²) in [5, 5.41) is 2.82. The molecule has 0 spiro atoms. The Morgan fingerprint density at radius 2 is 1.47 bits per heavy atom. The van der Waals surface area contributed by atoms with Gasteiger partial charge in [-0.3, -0.25) is 9.59 Å². The fourth-order valence-electron chi connectivity index (χ4n) is 3.38. The molecule has 1 aliphatic heterocycles. The highest BCUT2D eigenvalue weighted by Gasteiger charge is 2.21. The van der Waals surface area contributed by atoms with E-state index in [1.807, 2.05) is 53.4 Å². The summed E-state index contributed by atoms with van der Waals surface area (Å²) in [5.41, 5.74) is 7.95. The normalized spacial score (nSPS) is 14.2. The second-order valence-electron chi connectivity index (χ2n) is 6.99. The second-order valence-corrected chi connectivity index (χ2v) is 6.99. The van der Waals surface area contributed by atoms with E-state index < -0.39 is 6.04 Å². The van der Waals surface area contributed by atoms with Gasteiger partial charge in [-0.05, 0) is 24.1 Å². The van der Waals surface area contributed by atoms with Crippen LogP contribution in [-0.2, 0) is 9.59 Å². The fraction of sp³-hybridized carbons (Fsp3) is 0.364. The minimum atomic E-state index is -0.678. The van der Waals surface area contributed by atoms with Gasteiger partial charge in [-0.25, -0.2) is 0 Å². The minimum Gasteiger partial charge on any atom is -0.368 e. The zero-order valence-corrected chi connectivity index (χ0v) is 18.5. The molecule has 0 saturated carbocycles. The lowest BCUT2D eigenvalue weighted by molar-refractivity contribution is -0.131. The third kappa shape index (κ3) is 7.20. The van der Waals surface area contributed by atoms with E-state index in [1.54, 1.807) is 0 Å². The topological polar surface area (TPSA) is 78.7 Å². The Morgan fingerprint density at radius 1 is 0.900 bits per heavy atom. The summed E-state index contributed by atoms with van der Waals surface area (Å²) in [5.74, 6) is -0.0653. The summed E-state index contributed by atoms with van der Waals surface area (Å²) < 4.78 is 0. The third-order valence-corrected chi connectivity index (χ3v) is 5.06. The van der Waals surface area contributed by atoms with Crippen LogP contribution in [0.1, 0.15) is 24.4 Å². The van der Waals surface area contributed by atoms with Crippen molar-refractivity contribution in [1.29, 1.82) is 0 Å². The van der Waals surface area contributed by atoms with E-state index in [2.05, 4.69) is 22.3 Å². The van der Waals surface area contributed by atoms with Crippen LogP contribution >= 0.6 is 24.8 Å². The second kappa shape index (κ2) is 13.1. The minimum absolute atomic E-state index is 0. The standard InChI is InChI=1S/C22H28N4O2.2ClH/c23-21(18-8-3-1-4-9-18)22(28)24-13-7-12-20(27)26-16-14-25(15-17-26)19-10-5-2-6-11-19;;/h1-6,8-11,21H,7,12-17,23H2,(H,24,28);2*1H. The number of halogens is 2. The van der Waals surface area contributed by atoms with Gasteiger partial charge in [-0.2, -0.15) is 0 Å². The molecule has 0 aromatic heterocycles. The fourth-order valence-corrected chi connectivity index (χ4v) is 3.38. The summed E-state index contributed by atoms with van der Waals surface area (Å²) in [6, 6.07) is 18.9. The monoisotopic (exact) mass is 452 g/mol. The van der Waals surface area contributed by atoms with Gasteiger partial charge in [-0.1, -0.05) is 48.5 Å². The first kappa shape index (κ1) is 25.8. The van der Waals surface area contributed by atoms with Gasteiger partial charge in [-0.15, -0.1) is 24.8 Å². The van der Waals surface area contributed by atoms with Crippen molar-refractivity contribution >= 4 is 42.3 Å². The van der Waals surface area contributed by atoms with Gasteiger partial charge in [0.25, 0.3) is 0 Å². The molecular weight excluding hydrogens is 423 g/mol. The molecule has 2 aromatic carbocycles. The molecule has 0 aliphatic carbocycles. The summed E-state index contributed by atoms with van der Waals surface area (Å²) in [4.78, 5) is 28.7. The van der Waals surface area contributed by atoms with Crippen molar-refractivity contribution in [2.45, 2.75) is 18.9 Å². The molecule has 3 rings (SSSR count). The summed E-state index contributed by atoms with van der Waals surface area (Å²) in [6.45, 7) is 3.61. The lowest BCUT2D eigenvalue weighted by Gasteiger charge is -2.36. The predicted molar refractivity (Wildman–Crippen MR) is 125 cm³/mol. The van der Waals surface area contributed by atoms with Gasteiger partial charge < -0.3 is 20.9 Å². The van der Waals surface area contributed by atoms with Crippen molar-refractivity contribution in [1.82, 2.24) is 10.2 Å². The van der Waals surface area contributed by atoms with Crippen LogP contribution in [0.2, 0.25) is 0 Å². The van der Waals surface area contributed by atoms with Gasteiger partial charge >= 0.3 is 0 Å². The van der Waals surface area contributed by atoms with Crippen molar-refractivity contribution in [2.24, 2.45) is 5.73 Å². The Morgan fingerprint density at radius 3 is 2.07 bits per heavy atom. The van der Waals surface area contributed by atoms with Crippen molar-refractivity contribution in [3.8, 4) is 0 Å². The highest BCUT2D eigenvalue weighted by Crippen LogP contribution is 2.16. The van der Waals surface area contributed by atoms with Crippen molar-refractivity contribution < 1.29 is 9.59 Å². The molecule has 1 atom stereocenters. The number of hydrogen-bond donors (Lipinski definition) is 2. The van der Waals surface area contributed by atoms with E-state index in [-0.39, 0.29) is 36.6 Å². The molecule has 2 aromatic rings. The number of piperazine rings is 1. The highest BCUT2D eigenvalue weighted by molar-refractivity contribution is 5.85. The lowest BCUT2D eigenvalue weighted by atomic mass is 10.1. The van der Waals surface area contributed by atoms with Crippen LogP contribution in [0.15, 0.2) is 60.7 Å². The van der Waals surface area contributed by atoms with Crippen molar-refractivity contribution in [3.05, 3.63) is 66.2 Å². The van der Waals surface area contributed by atoms with Crippen LogP contribution < -0.4 is 16.0 Å². The Kier molecular flexibility index (Phi) is 11.3. The van der Waals surface area contributed by atoms with Gasteiger partial charge in [0, 0.05) is 44.8 Å². The number of nitrogens with one attached hydrogen (secondary N) is 1. The molecule has 30 heavy (non-hydrogen) atoms. The number of nitrogens with zero attached hydrogens (tertiary/aromatic N) is 2. The molecular formula is C22H30Cl2N4O2. The summed E-state index contributed by atoms with van der Waals surface area (Å²) >= 11 is 0. The Bertz CT molecular complexity index is 769. The number of hydrogen-bond acceptors (Lipinski definition) is 4. The first-order valence-electron chi connectivity index (χ1n) is 9.81. The van der Waals surface area contributed by atoms with Crippen LogP contribution in [0.3, 0.4) is 0 Å². The van der Waals surface area contributed by atoms with E-state index in [9.17, 15) is 9.59 Å². The first-order valence-corrected chi connectivity index (χ1v) is 9.81. The molecule has 1 heterocycles. The molecule has 164 valence electrons. The van der Waals surface area contributed by atoms with Gasteiger partial charge in [0.1, 0.15) is 6.04 Å². The van der Waals surface area contributed by atoms with Crippen LogP contribution in [-0.4, -0.2) is 49.4 Å². The van der Waals surface area contributed by atoms with Crippen LogP contribution in [0.4, 0.5) is 5.69 Å². The number of anilines is 1. The molecule has 0 bridgehead atoms. The van der Waals surface area contributed by atoms with E-state index in [0.717, 1.165) is 31.7 Å². The number of amides is 2. The van der Waals surface area contributed by atoms with Crippen molar-refractivity contribution in [3.63, 3.8) is 0 Å². The SMILES string of the molecule is Cl.Cl.NC(C(=O)NCCCC(=O)N1CCN(c2ccccc2)CC1)c1ccccc1. The Balaban J connectivity index is 0.00000225. The number of rotatable bonds is 7. The molecule has 0 radical (unpaired) electrons. The van der Waals surface area contributed by atoms with E-state index in [0.29, 0.717) is 19.4 Å². The Labute approximate surface area is 190 Å². The van der Waals surface area contributed by atoms with Gasteiger partial charge in [0.15, 0.2) is 0 Å². The molecule has 2 amide bonds. The van der Waals surface area contributed by atoms with Crippen molar-refractivity contribution in [2.75, 3.05) is 37.6 Å². The van der Waals surface area contributed by atoms with E-state index >= 15 is 0 Å². The molecule has 1 saturated heterocycles. The smallest absolute Gasteiger partial charge is 0.241 e. The molecule has 1 aliphatic rings. The molecule has 6 nitrogen and oxygen atoms in total. The molecule has 3 N–H and O–H groups in total. The first-order chi connectivity index (χ1) is 13.6.